The Labute approximate surface area is 515 Å². The van der Waals surface area contributed by atoms with Crippen molar-refractivity contribution < 1.29 is 61.7 Å². The maximum Gasteiger partial charge on any atom is 0.419 e. The second-order valence-electron chi connectivity index (χ2n) is 27.4. The number of hydrogen-bond donors (Lipinski definition) is 3. The first-order valence-corrected chi connectivity index (χ1v) is 33.6. The van der Waals surface area contributed by atoms with Crippen LogP contribution in [0.5, 0.6) is 0 Å². The van der Waals surface area contributed by atoms with Gasteiger partial charge in [-0.25, -0.2) is 24.0 Å². The van der Waals surface area contributed by atoms with E-state index in [1.165, 1.54) is 16.2 Å². The van der Waals surface area contributed by atoms with Crippen molar-refractivity contribution in [3.8, 4) is 0 Å². The van der Waals surface area contributed by atoms with Gasteiger partial charge in [0.25, 0.3) is 0 Å². The maximum atomic E-state index is 16.1. The summed E-state index contributed by atoms with van der Waals surface area (Å²) in [5.41, 5.74) is 0.985. The maximum absolute atomic E-state index is 16.1. The molecule has 0 radical (unpaired) electrons. The number of alkyl carbamates (subject to hydrolysis) is 2. The van der Waals surface area contributed by atoms with Crippen molar-refractivity contribution in [2.75, 3.05) is 20.2 Å². The van der Waals surface area contributed by atoms with E-state index < -0.39 is 79.7 Å². The van der Waals surface area contributed by atoms with E-state index >= 15 is 4.79 Å². The van der Waals surface area contributed by atoms with E-state index in [-0.39, 0.29) is 55.2 Å². The summed E-state index contributed by atoms with van der Waals surface area (Å²) in [6.45, 7) is 27.6. The van der Waals surface area contributed by atoms with Crippen molar-refractivity contribution in [3.63, 3.8) is 0 Å². The monoisotopic (exact) mass is 1220 g/mol. The molecule has 5 aromatic rings. The first kappa shape index (κ1) is 68.9. The molecule has 0 spiro atoms. The van der Waals surface area contributed by atoms with Crippen molar-refractivity contribution in [1.29, 1.82) is 0 Å². The number of carbonyl (C=O) groups excluding carboxylic acids is 7. The Morgan fingerprint density at radius 1 is 0.632 bits per heavy atom. The Kier molecular flexibility index (Phi) is 23.5. The highest BCUT2D eigenvalue weighted by Crippen LogP contribution is 2.43. The third-order valence-electron chi connectivity index (χ3n) is 15.8. The van der Waals surface area contributed by atoms with Gasteiger partial charge in [0, 0.05) is 55.5 Å². The van der Waals surface area contributed by atoms with Crippen molar-refractivity contribution in [2.45, 2.75) is 219 Å². The van der Waals surface area contributed by atoms with Crippen LogP contribution in [-0.4, -0.2) is 126 Å². The Balaban J connectivity index is 1.34. The predicted molar refractivity (Wildman–Crippen MR) is 339 cm³/mol. The molecule has 2 heterocycles. The van der Waals surface area contributed by atoms with Gasteiger partial charge in [0.2, 0.25) is 11.8 Å². The smallest absolute Gasteiger partial charge is 0.419 e. The zero-order chi connectivity index (χ0) is 64.1. The van der Waals surface area contributed by atoms with Crippen LogP contribution < -0.4 is 16.0 Å². The average molecular weight is 1220 g/mol. The van der Waals surface area contributed by atoms with Crippen LogP contribution in [0.2, 0.25) is 18.1 Å². The number of rotatable bonds is 23. The van der Waals surface area contributed by atoms with Gasteiger partial charge >= 0.3 is 30.3 Å². The lowest BCUT2D eigenvalue weighted by atomic mass is 9.79. The van der Waals surface area contributed by atoms with Gasteiger partial charge in [-0.3, -0.25) is 18.7 Å². The molecule has 1 saturated carbocycles. The number of fused-ring (bicyclic) bond motifs is 2. The van der Waals surface area contributed by atoms with E-state index in [1.54, 1.807) is 60.0 Å². The summed E-state index contributed by atoms with van der Waals surface area (Å²) >= 11 is 0. The molecular weight excluding hydrogens is 1120 g/mol. The Hall–Kier alpha value is -7.19. The number of methoxy groups -OCH3 is 1. The summed E-state index contributed by atoms with van der Waals surface area (Å²) in [5.74, 6) is -1.62. The van der Waals surface area contributed by atoms with E-state index in [2.05, 4.69) is 49.8 Å². The predicted octanol–water partition coefficient (Wildman–Crippen LogP) is 13.2. The molecule has 20 heteroatoms. The molecule has 5 atom stereocenters. The van der Waals surface area contributed by atoms with E-state index in [1.807, 2.05) is 98.5 Å². The van der Waals surface area contributed by atoms with Crippen molar-refractivity contribution in [1.82, 2.24) is 30.0 Å². The number of hydrogen-bond acceptors (Lipinski definition) is 13. The van der Waals surface area contributed by atoms with Gasteiger partial charge < -0.3 is 49.0 Å². The molecule has 0 aliphatic heterocycles. The zero-order valence-corrected chi connectivity index (χ0v) is 55.1. The number of carbonyl (C=O) groups is 7. The van der Waals surface area contributed by atoms with E-state index in [0.717, 1.165) is 12.0 Å². The van der Waals surface area contributed by atoms with Gasteiger partial charge in [0.1, 0.15) is 35.5 Å². The summed E-state index contributed by atoms with van der Waals surface area (Å²) < 4.78 is 38.4. The van der Waals surface area contributed by atoms with Gasteiger partial charge in [-0.1, -0.05) is 107 Å². The van der Waals surface area contributed by atoms with Crippen LogP contribution in [0.4, 0.5) is 19.2 Å². The van der Waals surface area contributed by atoms with Crippen LogP contribution >= 0.6 is 0 Å². The highest BCUT2D eigenvalue weighted by molar-refractivity contribution is 6.74. The fraction of sp³-hybridized carbons (Fsp3) is 0.567. The van der Waals surface area contributed by atoms with Crippen molar-refractivity contribution in [3.05, 3.63) is 108 Å². The SMILES string of the molecule is COC(=O)[C@H](Cc1cn(C(=O)OC(C)(C)C)c2ccccc12)NC(=O)CC[C@H]1CCC[C@@H](N(CCCCCCNC(=O)OC(C)(C)C)C(=O)[C@H](Cc2cn(C(=O)OC(C)(C)C)c3ccccc23)NC(=O)OCc2ccccc2)C1O[Si](C)(C)C(C)(C)C. The average Bonchev–Trinajstić information content (AvgIpc) is 1.83. The van der Waals surface area contributed by atoms with Crippen molar-refractivity contribution in [2.24, 2.45) is 5.92 Å². The molecule has 1 unspecified atom stereocenters. The van der Waals surface area contributed by atoms with Crippen molar-refractivity contribution >= 4 is 72.3 Å². The van der Waals surface area contributed by atoms with Crippen LogP contribution in [0.1, 0.15) is 158 Å². The minimum atomic E-state index is -2.65. The number of aromatic nitrogens is 2. The number of para-hydroxylation sites is 2. The molecule has 0 saturated heterocycles. The van der Waals surface area contributed by atoms with Gasteiger partial charge in [-0.15, -0.1) is 0 Å². The van der Waals surface area contributed by atoms with Gasteiger partial charge in [0.15, 0.2) is 8.32 Å². The molecular formula is C67H96N6O13Si. The van der Waals surface area contributed by atoms with Gasteiger partial charge in [-0.05, 0) is 147 Å². The lowest BCUT2D eigenvalue weighted by molar-refractivity contribution is -0.145. The Bertz CT molecular complexity index is 3160. The van der Waals surface area contributed by atoms with Crippen LogP contribution in [0.25, 0.3) is 21.8 Å². The summed E-state index contributed by atoms with van der Waals surface area (Å²) in [6, 6.07) is 21.1. The molecule has 1 aliphatic carbocycles. The summed E-state index contributed by atoms with van der Waals surface area (Å²) in [5, 5.41) is 9.94. The minimum Gasteiger partial charge on any atom is -0.467 e. The standard InChI is InChI=1S/C67H96N6O13Si/c1-64(2,3)83-60(77)68-38-25-16-17-26-39-71(58(75)51(70-61(78)82-44-45-28-19-18-20-29-45)40-47-42-72(62(79)84-65(4,5)6)53-33-23-21-31-49(47)53)55-35-27-30-46(57(55)86-87(14,15)67(10,11)12)36-37-56(74)69-52(59(76)81-13)41-48-43-73(63(80)85-66(7,8)9)54-34-24-22-32-50(48)54/h18-24,28-29,31-34,42-43,46,51-52,55,57H,16-17,25-27,30,35-41,44H2,1-15H3,(H,68,77)(H,69,74)(H,70,78)/t46-,51+,52+,55-,57?/m1/s1. The third-order valence-corrected chi connectivity index (χ3v) is 20.3. The van der Waals surface area contributed by atoms with E-state index in [4.69, 9.17) is 28.1 Å². The quantitative estimate of drug-likeness (QED) is 0.0240. The molecule has 476 valence electrons. The second kappa shape index (κ2) is 29.7. The number of esters is 1. The van der Waals surface area contributed by atoms with Gasteiger partial charge in [-0.2, -0.15) is 0 Å². The number of nitrogens with zero attached hydrogens (tertiary/aromatic N) is 3. The summed E-state index contributed by atoms with van der Waals surface area (Å²) in [4.78, 5) is 99.8. The molecule has 1 fully saturated rings. The third kappa shape index (κ3) is 20.2. The highest BCUT2D eigenvalue weighted by atomic mass is 28.4. The first-order chi connectivity index (χ1) is 40.7. The lowest BCUT2D eigenvalue weighted by Crippen LogP contribution is -2.60. The van der Waals surface area contributed by atoms with Gasteiger partial charge in [0.05, 0.1) is 30.3 Å². The number of benzene rings is 3. The molecule has 2 aromatic heterocycles. The molecule has 19 nitrogen and oxygen atoms in total. The molecule has 1 aliphatic rings. The number of amides is 4. The largest absolute Gasteiger partial charge is 0.467 e. The number of unbranched alkanes of at least 4 members (excludes halogenated alkanes) is 3. The fourth-order valence-electron chi connectivity index (χ4n) is 10.7. The Morgan fingerprint density at radius 3 is 1.70 bits per heavy atom. The van der Waals surface area contributed by atoms with Crippen LogP contribution in [-0.2, 0) is 61.9 Å². The first-order valence-electron chi connectivity index (χ1n) is 30.7. The van der Waals surface area contributed by atoms with Crippen LogP contribution in [0, 0.1) is 5.92 Å². The topological polar surface area (TPSA) is 224 Å². The number of ether oxygens (including phenoxy) is 5. The summed E-state index contributed by atoms with van der Waals surface area (Å²) in [6.07, 6.45) is 5.32. The summed E-state index contributed by atoms with van der Waals surface area (Å²) in [7, 11) is -1.38. The molecule has 0 bridgehead atoms. The Morgan fingerprint density at radius 2 is 1.16 bits per heavy atom. The minimum absolute atomic E-state index is 0.0185. The highest BCUT2D eigenvalue weighted by Gasteiger charge is 2.47. The van der Waals surface area contributed by atoms with E-state index in [9.17, 15) is 28.8 Å². The second-order valence-corrected chi connectivity index (χ2v) is 32.1. The molecule has 3 N–H and O–H groups in total. The molecule has 4 amide bonds. The van der Waals surface area contributed by atoms with Crippen LogP contribution in [0.15, 0.2) is 91.3 Å². The van der Waals surface area contributed by atoms with E-state index in [0.29, 0.717) is 84.4 Å². The molecule has 6 rings (SSSR count). The lowest BCUT2D eigenvalue weighted by Gasteiger charge is -2.49. The molecule has 87 heavy (non-hydrogen) atoms. The molecule has 3 aromatic carbocycles. The fourth-order valence-corrected chi connectivity index (χ4v) is 12.1. The number of nitrogens with one attached hydrogen (secondary N) is 3. The normalized spacial score (nSPS) is 16.5. The van der Waals surface area contributed by atoms with Crippen LogP contribution in [0.3, 0.4) is 0 Å². The zero-order valence-electron chi connectivity index (χ0n) is 54.1.